The fourth-order valence-electron chi connectivity index (χ4n) is 2.46. The first kappa shape index (κ1) is 11.0. The Kier molecular flexibility index (Phi) is 2.23. The maximum absolute atomic E-state index is 12.0. The van der Waals surface area contributed by atoms with E-state index < -0.39 is 5.97 Å². The first-order valence-corrected chi connectivity index (χ1v) is 5.77. The predicted octanol–water partition coefficient (Wildman–Crippen LogP) is 0.823. The molecular weight excluding hydrogens is 234 g/mol. The Balaban J connectivity index is 1.99. The Hall–Kier alpha value is -2.17. The second-order valence-corrected chi connectivity index (χ2v) is 4.66. The molecule has 1 aromatic carbocycles. The summed E-state index contributed by atoms with van der Waals surface area (Å²) < 4.78 is 0. The van der Waals surface area contributed by atoms with Gasteiger partial charge in [-0.05, 0) is 18.1 Å². The summed E-state index contributed by atoms with van der Waals surface area (Å²) in [5.41, 5.74) is 0.912. The number of rotatable bonds is 3. The van der Waals surface area contributed by atoms with Crippen LogP contribution in [-0.2, 0) is 20.8 Å². The summed E-state index contributed by atoms with van der Waals surface area (Å²) in [6.07, 6.45) is 0.456. The maximum Gasteiger partial charge on any atom is 0.307 e. The van der Waals surface area contributed by atoms with Crippen molar-refractivity contribution in [2.75, 3.05) is 4.90 Å². The molecule has 5 heteroatoms. The van der Waals surface area contributed by atoms with E-state index in [1.54, 1.807) is 24.3 Å². The zero-order chi connectivity index (χ0) is 12.9. The van der Waals surface area contributed by atoms with Crippen LogP contribution >= 0.6 is 0 Å². The Morgan fingerprint density at radius 3 is 2.44 bits per heavy atom. The fourth-order valence-corrected chi connectivity index (χ4v) is 2.46. The van der Waals surface area contributed by atoms with Crippen molar-refractivity contribution >= 4 is 23.5 Å². The summed E-state index contributed by atoms with van der Waals surface area (Å²) in [5.74, 6) is -1.71. The molecule has 1 saturated carbocycles. The molecule has 2 aliphatic rings. The third-order valence-electron chi connectivity index (χ3n) is 3.44. The number of aliphatic carboxylic acids is 1. The van der Waals surface area contributed by atoms with Gasteiger partial charge in [-0.1, -0.05) is 18.2 Å². The number of hydrogen-bond donors (Lipinski definition) is 1. The number of benzene rings is 1. The van der Waals surface area contributed by atoms with Gasteiger partial charge in [0.25, 0.3) is 0 Å². The smallest absolute Gasteiger partial charge is 0.307 e. The molecule has 2 unspecified atom stereocenters. The highest BCUT2D eigenvalue weighted by Crippen LogP contribution is 2.48. The highest BCUT2D eigenvalue weighted by molar-refractivity contribution is 6.25. The highest BCUT2D eigenvalue weighted by atomic mass is 16.4. The van der Waals surface area contributed by atoms with Crippen LogP contribution in [0, 0.1) is 11.8 Å². The van der Waals surface area contributed by atoms with Crippen molar-refractivity contribution in [3.8, 4) is 0 Å². The van der Waals surface area contributed by atoms with E-state index in [1.807, 2.05) is 0 Å². The molecule has 1 heterocycles. The van der Waals surface area contributed by atoms with E-state index in [4.69, 9.17) is 5.11 Å². The van der Waals surface area contributed by atoms with Gasteiger partial charge in [0.1, 0.15) is 0 Å². The average molecular weight is 245 g/mol. The van der Waals surface area contributed by atoms with Crippen LogP contribution in [0.25, 0.3) is 0 Å². The summed E-state index contributed by atoms with van der Waals surface area (Å²) in [5, 5.41) is 8.84. The van der Waals surface area contributed by atoms with Crippen LogP contribution < -0.4 is 4.90 Å². The number of carbonyl (C=O) groups is 3. The number of carboxylic acid groups (broad SMARTS) is 1. The summed E-state index contributed by atoms with van der Waals surface area (Å²) in [7, 11) is 0. The molecule has 2 fully saturated rings. The molecule has 92 valence electrons. The molecule has 1 N–H and O–H groups in total. The average Bonchev–Trinajstić information content (AvgIpc) is 3.06. The minimum atomic E-state index is -0.980. The third-order valence-corrected chi connectivity index (χ3v) is 3.44. The maximum atomic E-state index is 12.0. The zero-order valence-electron chi connectivity index (χ0n) is 9.50. The van der Waals surface area contributed by atoms with E-state index in [1.165, 1.54) is 0 Å². The SMILES string of the molecule is O=C(O)Cc1ccccc1N1C(=O)C2CC2C1=O. The molecule has 0 aromatic heterocycles. The quantitative estimate of drug-likeness (QED) is 0.800. The van der Waals surface area contributed by atoms with Gasteiger partial charge in [-0.3, -0.25) is 14.4 Å². The number of piperidine rings is 1. The number of hydrogen-bond acceptors (Lipinski definition) is 3. The lowest BCUT2D eigenvalue weighted by molar-refractivity contribution is -0.136. The number of nitrogens with zero attached hydrogens (tertiary/aromatic N) is 1. The van der Waals surface area contributed by atoms with E-state index in [0.717, 1.165) is 4.90 Å². The molecule has 0 spiro atoms. The van der Waals surface area contributed by atoms with Gasteiger partial charge in [-0.25, -0.2) is 4.90 Å². The van der Waals surface area contributed by atoms with Gasteiger partial charge in [0.15, 0.2) is 0 Å². The minimum Gasteiger partial charge on any atom is -0.481 e. The largest absolute Gasteiger partial charge is 0.481 e. The van der Waals surface area contributed by atoms with Crippen molar-refractivity contribution in [3.63, 3.8) is 0 Å². The molecular formula is C13H11NO4. The van der Waals surface area contributed by atoms with Crippen LogP contribution in [0.3, 0.4) is 0 Å². The first-order valence-electron chi connectivity index (χ1n) is 5.77. The van der Waals surface area contributed by atoms with E-state index >= 15 is 0 Å². The van der Waals surface area contributed by atoms with Gasteiger partial charge in [0.2, 0.25) is 11.8 Å². The van der Waals surface area contributed by atoms with Gasteiger partial charge in [-0.2, -0.15) is 0 Å². The Morgan fingerprint density at radius 1 is 1.22 bits per heavy atom. The molecule has 18 heavy (non-hydrogen) atoms. The van der Waals surface area contributed by atoms with Crippen molar-refractivity contribution < 1.29 is 19.5 Å². The van der Waals surface area contributed by atoms with Crippen molar-refractivity contribution in [1.29, 1.82) is 0 Å². The molecule has 2 amide bonds. The number of carboxylic acids is 1. The predicted molar refractivity (Wildman–Crippen MR) is 61.9 cm³/mol. The van der Waals surface area contributed by atoms with Gasteiger partial charge in [-0.15, -0.1) is 0 Å². The zero-order valence-corrected chi connectivity index (χ0v) is 9.50. The molecule has 2 atom stereocenters. The number of para-hydroxylation sites is 1. The molecule has 1 saturated heterocycles. The molecule has 1 aliphatic heterocycles. The number of fused-ring (bicyclic) bond motifs is 1. The Bertz CT molecular complexity index is 546. The third kappa shape index (κ3) is 1.51. The van der Waals surface area contributed by atoms with Gasteiger partial charge < -0.3 is 5.11 Å². The molecule has 5 nitrogen and oxygen atoms in total. The number of imide groups is 1. The van der Waals surface area contributed by atoms with Crippen molar-refractivity contribution in [3.05, 3.63) is 29.8 Å². The van der Waals surface area contributed by atoms with Crippen LogP contribution in [0.2, 0.25) is 0 Å². The summed E-state index contributed by atoms with van der Waals surface area (Å²) in [4.78, 5) is 35.8. The highest BCUT2D eigenvalue weighted by Gasteiger charge is 2.59. The fraction of sp³-hybridized carbons (Fsp3) is 0.308. The molecule has 0 bridgehead atoms. The van der Waals surface area contributed by atoms with E-state index in [0.29, 0.717) is 17.7 Å². The van der Waals surface area contributed by atoms with Crippen LogP contribution in [0.4, 0.5) is 5.69 Å². The molecule has 0 radical (unpaired) electrons. The van der Waals surface area contributed by atoms with Crippen LogP contribution in [-0.4, -0.2) is 22.9 Å². The summed E-state index contributed by atoms with van der Waals surface area (Å²) in [6.45, 7) is 0. The van der Waals surface area contributed by atoms with Crippen LogP contribution in [0.1, 0.15) is 12.0 Å². The van der Waals surface area contributed by atoms with E-state index in [9.17, 15) is 14.4 Å². The standard InChI is InChI=1S/C13H11NO4/c15-11(16)5-7-3-1-2-4-10(7)14-12(17)8-6-9(8)13(14)18/h1-4,8-9H,5-6H2,(H,15,16). The second-order valence-electron chi connectivity index (χ2n) is 4.66. The second kappa shape index (κ2) is 3.66. The van der Waals surface area contributed by atoms with Crippen molar-refractivity contribution in [2.24, 2.45) is 11.8 Å². The summed E-state index contributed by atoms with van der Waals surface area (Å²) in [6, 6.07) is 6.66. The monoisotopic (exact) mass is 245 g/mol. The van der Waals surface area contributed by atoms with Crippen molar-refractivity contribution in [1.82, 2.24) is 0 Å². The van der Waals surface area contributed by atoms with Gasteiger partial charge in [0, 0.05) is 0 Å². The molecule has 3 rings (SSSR count). The summed E-state index contributed by atoms with van der Waals surface area (Å²) >= 11 is 0. The minimum absolute atomic E-state index is 0.171. The number of amides is 2. The molecule has 1 aromatic rings. The topological polar surface area (TPSA) is 74.7 Å². The molecule has 1 aliphatic carbocycles. The van der Waals surface area contributed by atoms with E-state index in [2.05, 4.69) is 0 Å². The number of anilines is 1. The van der Waals surface area contributed by atoms with E-state index in [-0.39, 0.29) is 30.1 Å². The lowest BCUT2D eigenvalue weighted by Gasteiger charge is -2.19. The lowest BCUT2D eigenvalue weighted by atomic mass is 10.1. The Labute approximate surface area is 103 Å². The normalized spacial score (nSPS) is 25.2. The van der Waals surface area contributed by atoms with Gasteiger partial charge >= 0.3 is 5.97 Å². The first-order chi connectivity index (χ1) is 8.59. The lowest BCUT2D eigenvalue weighted by Crippen LogP contribution is -2.33. The van der Waals surface area contributed by atoms with Crippen LogP contribution in [0.15, 0.2) is 24.3 Å². The van der Waals surface area contributed by atoms with Crippen LogP contribution in [0.5, 0.6) is 0 Å². The van der Waals surface area contributed by atoms with Gasteiger partial charge in [0.05, 0.1) is 23.9 Å². The Morgan fingerprint density at radius 2 is 1.83 bits per heavy atom. The number of carbonyl (C=O) groups excluding carboxylic acids is 2. The van der Waals surface area contributed by atoms with Crippen molar-refractivity contribution in [2.45, 2.75) is 12.8 Å².